The number of carbonyl (C=O) groups excluding carboxylic acids is 5. The first-order chi connectivity index (χ1) is 22.5. The van der Waals surface area contributed by atoms with Gasteiger partial charge in [-0.25, -0.2) is 0 Å². The minimum absolute atomic E-state index is 0.0320. The van der Waals surface area contributed by atoms with Gasteiger partial charge in [-0.1, -0.05) is 20.8 Å². The molecule has 2 spiro atoms. The Morgan fingerprint density at radius 2 is 1.45 bits per heavy atom. The van der Waals surface area contributed by atoms with Crippen LogP contribution in [0.15, 0.2) is 11.3 Å². The second-order valence-electron chi connectivity index (χ2n) is 17.2. The van der Waals surface area contributed by atoms with Crippen LogP contribution in [0, 0.1) is 44.8 Å². The molecule has 0 radical (unpaired) electrons. The molecule has 12 nitrogen and oxygen atoms in total. The van der Waals surface area contributed by atoms with E-state index in [-0.39, 0.29) is 37.4 Å². The fraction of sp³-hybridized carbons (Fsp3) is 0.811. The molecule has 0 unspecified atom stereocenters. The van der Waals surface area contributed by atoms with Gasteiger partial charge in [-0.05, 0) is 68.8 Å². The zero-order valence-electron chi connectivity index (χ0n) is 30.6. The van der Waals surface area contributed by atoms with Gasteiger partial charge in [0.05, 0.1) is 29.5 Å². The molecule has 1 saturated heterocycles. The lowest BCUT2D eigenvalue weighted by Gasteiger charge is -2.73. The van der Waals surface area contributed by atoms with E-state index in [1.807, 2.05) is 27.7 Å². The molecule has 6 rings (SSSR count). The minimum atomic E-state index is -2.10. The Labute approximate surface area is 287 Å². The quantitative estimate of drug-likeness (QED) is 0.325. The Morgan fingerprint density at radius 1 is 0.878 bits per heavy atom. The summed E-state index contributed by atoms with van der Waals surface area (Å²) in [7, 11) is 1.47. The van der Waals surface area contributed by atoms with Crippen LogP contribution in [0.2, 0.25) is 0 Å². The summed E-state index contributed by atoms with van der Waals surface area (Å²) in [5.41, 5.74) is -8.85. The summed E-state index contributed by atoms with van der Waals surface area (Å²) in [4.78, 5) is 66.5. The summed E-state index contributed by atoms with van der Waals surface area (Å²) >= 11 is 0. The van der Waals surface area contributed by atoms with E-state index in [0.29, 0.717) is 12.2 Å². The molecular weight excluding hydrogens is 636 g/mol. The van der Waals surface area contributed by atoms with Gasteiger partial charge in [0, 0.05) is 46.0 Å². The molecule has 0 aromatic carbocycles. The molecule has 1 aliphatic heterocycles. The van der Waals surface area contributed by atoms with Crippen molar-refractivity contribution in [2.45, 2.75) is 137 Å². The summed E-state index contributed by atoms with van der Waals surface area (Å²) < 4.78 is 30.4. The Morgan fingerprint density at radius 3 is 2.00 bits per heavy atom. The van der Waals surface area contributed by atoms with Gasteiger partial charge in [-0.3, -0.25) is 24.0 Å². The minimum Gasteiger partial charge on any atom is -0.493 e. The van der Waals surface area contributed by atoms with E-state index in [1.54, 1.807) is 13.8 Å². The number of esters is 4. The standard InChI is InChI=1S/C37H52O12/c1-17-13-33(8)24-12-22(41)26(45-11)18(2)32(24,7)14-23(42)27(33)37(17)35(10,44)29(48-21(5)40)28(47-20(4)39)34(9)25(46-19(3)38)15-31(6)16-36(34,37)49-30(31)43/h17,23-25,27-29,42,44H,12-16H2,1-11H3/t17-,23+,24-,25-,27-,28-,29+,31-,32+,33-,34+,35-,36+,37-/m0/s1. The zero-order chi connectivity index (χ0) is 36.7. The van der Waals surface area contributed by atoms with E-state index in [2.05, 4.69) is 0 Å². The number of fused-ring (bicyclic) bond motifs is 5. The third kappa shape index (κ3) is 4.01. The van der Waals surface area contributed by atoms with Gasteiger partial charge in [0.1, 0.15) is 17.3 Å². The number of allylic oxidation sites excluding steroid dienone is 2. The first kappa shape index (κ1) is 35.8. The summed E-state index contributed by atoms with van der Waals surface area (Å²) in [6.07, 6.45) is -4.28. The summed E-state index contributed by atoms with van der Waals surface area (Å²) in [6.45, 7) is 16.5. The number of methoxy groups -OCH3 is 1. The first-order valence-electron chi connectivity index (χ1n) is 17.4. The third-order valence-electron chi connectivity index (χ3n) is 14.7. The van der Waals surface area contributed by atoms with E-state index >= 15 is 0 Å². The van der Waals surface area contributed by atoms with Gasteiger partial charge in [0.15, 0.2) is 23.8 Å². The lowest BCUT2D eigenvalue weighted by Crippen LogP contribution is -2.86. The van der Waals surface area contributed by atoms with Crippen LogP contribution in [-0.2, 0) is 47.7 Å². The molecule has 2 bridgehead atoms. The molecule has 6 aliphatic rings. The molecule has 4 saturated carbocycles. The average molecular weight is 689 g/mol. The van der Waals surface area contributed by atoms with Crippen LogP contribution in [0.3, 0.4) is 0 Å². The largest absolute Gasteiger partial charge is 0.493 e. The van der Waals surface area contributed by atoms with Gasteiger partial charge in [0.2, 0.25) is 0 Å². The summed E-state index contributed by atoms with van der Waals surface area (Å²) in [6, 6.07) is 0. The van der Waals surface area contributed by atoms with E-state index in [9.17, 15) is 34.2 Å². The molecule has 0 aromatic rings. The molecule has 0 amide bonds. The Kier molecular flexibility index (Phi) is 7.69. The van der Waals surface area contributed by atoms with Gasteiger partial charge >= 0.3 is 23.9 Å². The van der Waals surface area contributed by atoms with Crippen molar-refractivity contribution in [2.24, 2.45) is 44.8 Å². The Bertz CT molecular complexity index is 1570. The topological polar surface area (TPSA) is 172 Å². The smallest absolute Gasteiger partial charge is 0.312 e. The number of ether oxygens (including phenoxy) is 5. The maximum Gasteiger partial charge on any atom is 0.312 e. The van der Waals surface area contributed by atoms with E-state index in [0.717, 1.165) is 5.57 Å². The lowest BCUT2D eigenvalue weighted by atomic mass is 9.33. The van der Waals surface area contributed by atoms with Crippen molar-refractivity contribution in [2.75, 3.05) is 7.11 Å². The number of aliphatic hydroxyl groups is 2. The van der Waals surface area contributed by atoms with Crippen LogP contribution in [0.4, 0.5) is 0 Å². The van der Waals surface area contributed by atoms with E-state index < -0.39 is 98.4 Å². The summed E-state index contributed by atoms with van der Waals surface area (Å²) in [5.74, 6) is -4.19. The molecule has 49 heavy (non-hydrogen) atoms. The zero-order valence-corrected chi connectivity index (χ0v) is 30.6. The highest BCUT2D eigenvalue weighted by molar-refractivity contribution is 5.95. The molecule has 2 N–H and O–H groups in total. The Balaban J connectivity index is 1.72. The van der Waals surface area contributed by atoms with Crippen molar-refractivity contribution in [3.63, 3.8) is 0 Å². The maximum absolute atomic E-state index is 14.2. The fourth-order valence-electron chi connectivity index (χ4n) is 13.3. The number of carbonyl (C=O) groups is 5. The van der Waals surface area contributed by atoms with Crippen LogP contribution in [-0.4, -0.2) is 82.6 Å². The number of hydrogen-bond donors (Lipinski definition) is 2. The van der Waals surface area contributed by atoms with Gasteiger partial charge in [0.25, 0.3) is 0 Å². The molecule has 1 heterocycles. The number of rotatable bonds is 4. The number of hydrogen-bond acceptors (Lipinski definition) is 12. The second-order valence-corrected chi connectivity index (χ2v) is 17.2. The van der Waals surface area contributed by atoms with Crippen molar-refractivity contribution >= 4 is 29.7 Å². The van der Waals surface area contributed by atoms with Crippen molar-refractivity contribution in [1.82, 2.24) is 0 Å². The van der Waals surface area contributed by atoms with Crippen molar-refractivity contribution in [3.05, 3.63) is 11.3 Å². The lowest BCUT2D eigenvalue weighted by molar-refractivity contribution is -0.383. The monoisotopic (exact) mass is 688 g/mol. The number of Topliss-reactive ketones (excluding diaryl/α,β-unsaturated/α-hetero) is 1. The molecule has 272 valence electrons. The maximum atomic E-state index is 14.2. The van der Waals surface area contributed by atoms with Crippen LogP contribution in [0.5, 0.6) is 0 Å². The first-order valence-corrected chi connectivity index (χ1v) is 17.4. The van der Waals surface area contributed by atoms with Crippen LogP contribution in [0.25, 0.3) is 0 Å². The average Bonchev–Trinajstić information content (AvgIpc) is 3.36. The van der Waals surface area contributed by atoms with Crippen LogP contribution < -0.4 is 0 Å². The number of aliphatic hydroxyl groups excluding tert-OH is 1. The van der Waals surface area contributed by atoms with Crippen molar-refractivity contribution in [1.29, 1.82) is 0 Å². The summed E-state index contributed by atoms with van der Waals surface area (Å²) in [5, 5.41) is 26.1. The highest BCUT2D eigenvalue weighted by Gasteiger charge is 2.92. The van der Waals surface area contributed by atoms with E-state index in [4.69, 9.17) is 23.7 Å². The molecule has 5 fully saturated rings. The van der Waals surface area contributed by atoms with Gasteiger partial charge in [-0.2, -0.15) is 0 Å². The highest BCUT2D eigenvalue weighted by atomic mass is 16.6. The number of ketones is 1. The van der Waals surface area contributed by atoms with Crippen molar-refractivity contribution < 1.29 is 57.9 Å². The highest BCUT2D eigenvalue weighted by Crippen LogP contribution is 2.83. The SMILES string of the molecule is COC1=C(C)[C@@]2(C)C[C@@H](O)[C@H]3[C@@](C)(C[C@H](C)[C@]34[C@@]35C[C@](C)(C[C@H](OC(C)=O)[C@]3(C)[C@@H](OC(C)=O)[C@@H](OC(C)=O)[C@]4(C)O)C(=O)O5)[C@H]2CC1=O. The van der Waals surface area contributed by atoms with Crippen LogP contribution in [0.1, 0.15) is 101 Å². The predicted molar refractivity (Wildman–Crippen MR) is 171 cm³/mol. The van der Waals surface area contributed by atoms with Gasteiger partial charge < -0.3 is 33.9 Å². The second kappa shape index (κ2) is 10.5. The molecule has 5 aliphatic carbocycles. The molecule has 12 heteroatoms. The third-order valence-corrected chi connectivity index (χ3v) is 14.7. The van der Waals surface area contributed by atoms with E-state index in [1.165, 1.54) is 34.8 Å². The molecule has 14 atom stereocenters. The fourth-order valence-corrected chi connectivity index (χ4v) is 13.3. The Hall–Kier alpha value is -2.99. The van der Waals surface area contributed by atoms with Gasteiger partial charge in [-0.15, -0.1) is 0 Å². The molecule has 0 aromatic heterocycles. The predicted octanol–water partition coefficient (Wildman–Crippen LogP) is 3.58. The van der Waals surface area contributed by atoms with Crippen molar-refractivity contribution in [3.8, 4) is 0 Å². The van der Waals surface area contributed by atoms with Crippen LogP contribution >= 0.6 is 0 Å². The molecular formula is C37H52O12. The normalized spacial score (nSPS) is 51.3.